The third-order valence-electron chi connectivity index (χ3n) is 4.19. The molecule has 0 aliphatic carbocycles. The van der Waals surface area contributed by atoms with Crippen molar-refractivity contribution >= 4 is 11.8 Å². The molecular formula is C21H22O5. The molecule has 0 N–H and O–H groups in total. The second kappa shape index (κ2) is 7.20. The molecule has 1 aliphatic heterocycles. The topological polar surface area (TPSA) is 61.8 Å². The lowest BCUT2D eigenvalue weighted by atomic mass is 9.86. The zero-order valence-electron chi connectivity index (χ0n) is 15.2. The molecule has 26 heavy (non-hydrogen) atoms. The van der Waals surface area contributed by atoms with Gasteiger partial charge in [0.25, 0.3) is 0 Å². The summed E-state index contributed by atoms with van der Waals surface area (Å²) in [6, 6.07) is 14.5. The van der Waals surface area contributed by atoms with Crippen LogP contribution in [0.25, 0.3) is 0 Å². The van der Waals surface area contributed by atoms with Gasteiger partial charge in [-0.25, -0.2) is 4.79 Å². The molecule has 0 aromatic heterocycles. The number of rotatable bonds is 4. The molecule has 0 bridgehead atoms. The van der Waals surface area contributed by atoms with Gasteiger partial charge in [-0.05, 0) is 23.1 Å². The summed E-state index contributed by atoms with van der Waals surface area (Å²) >= 11 is 0. The lowest BCUT2D eigenvalue weighted by Crippen LogP contribution is -2.38. The van der Waals surface area contributed by atoms with E-state index in [0.29, 0.717) is 17.1 Å². The fraction of sp³-hybridized carbons (Fsp3) is 0.333. The molecule has 2 aromatic carbocycles. The Labute approximate surface area is 152 Å². The Morgan fingerprint density at radius 3 is 2.35 bits per heavy atom. The van der Waals surface area contributed by atoms with Crippen molar-refractivity contribution in [2.45, 2.75) is 32.3 Å². The van der Waals surface area contributed by atoms with Crippen molar-refractivity contribution in [3.05, 3.63) is 59.7 Å². The van der Waals surface area contributed by atoms with Gasteiger partial charge in [0.2, 0.25) is 6.10 Å². The Hall–Kier alpha value is -2.82. The molecule has 0 unspecified atom stereocenters. The molecule has 0 radical (unpaired) electrons. The SMILES string of the molecule is CC(C)(C)c1ccc(C(=O)COC(=O)[C@H]2COc3ccccc3O2)cc1. The van der Waals surface area contributed by atoms with Crippen LogP contribution >= 0.6 is 0 Å². The van der Waals surface area contributed by atoms with Crippen LogP contribution in [-0.2, 0) is 14.9 Å². The minimum absolute atomic E-state index is 0.0165. The van der Waals surface area contributed by atoms with Crippen LogP contribution in [0.3, 0.4) is 0 Å². The van der Waals surface area contributed by atoms with E-state index < -0.39 is 12.1 Å². The lowest BCUT2D eigenvalue weighted by molar-refractivity contribution is -0.153. The molecule has 0 saturated carbocycles. The van der Waals surface area contributed by atoms with Gasteiger partial charge in [0, 0.05) is 5.56 Å². The van der Waals surface area contributed by atoms with Gasteiger partial charge in [0.1, 0.15) is 6.61 Å². The van der Waals surface area contributed by atoms with Gasteiger partial charge in [0.05, 0.1) is 0 Å². The first-order valence-corrected chi connectivity index (χ1v) is 8.53. The number of carbonyl (C=O) groups excluding carboxylic acids is 2. The molecule has 2 aromatic rings. The van der Waals surface area contributed by atoms with Gasteiger partial charge >= 0.3 is 5.97 Å². The fourth-order valence-corrected chi connectivity index (χ4v) is 2.60. The number of para-hydroxylation sites is 2. The highest BCUT2D eigenvalue weighted by molar-refractivity contribution is 5.98. The molecule has 1 atom stereocenters. The van der Waals surface area contributed by atoms with E-state index in [1.54, 1.807) is 30.3 Å². The number of ketones is 1. The predicted molar refractivity (Wildman–Crippen MR) is 96.8 cm³/mol. The Kier molecular flexibility index (Phi) is 4.98. The summed E-state index contributed by atoms with van der Waals surface area (Å²) in [4.78, 5) is 24.4. The average molecular weight is 354 g/mol. The van der Waals surface area contributed by atoms with Crippen LogP contribution in [0.5, 0.6) is 11.5 Å². The first-order valence-electron chi connectivity index (χ1n) is 8.53. The lowest BCUT2D eigenvalue weighted by Gasteiger charge is -2.24. The first-order chi connectivity index (χ1) is 12.3. The van der Waals surface area contributed by atoms with Crippen molar-refractivity contribution in [1.82, 2.24) is 0 Å². The monoisotopic (exact) mass is 354 g/mol. The number of Topliss-reactive ketones (excluding diaryl/α,β-unsaturated/α-hetero) is 1. The quantitative estimate of drug-likeness (QED) is 0.621. The molecular weight excluding hydrogens is 332 g/mol. The Morgan fingerprint density at radius 2 is 1.69 bits per heavy atom. The fourth-order valence-electron chi connectivity index (χ4n) is 2.60. The van der Waals surface area contributed by atoms with Crippen LogP contribution in [-0.4, -0.2) is 31.1 Å². The number of esters is 1. The van der Waals surface area contributed by atoms with Gasteiger partial charge in [-0.1, -0.05) is 57.2 Å². The van der Waals surface area contributed by atoms with Gasteiger partial charge in [-0.3, -0.25) is 4.79 Å². The molecule has 0 spiro atoms. The van der Waals surface area contributed by atoms with Crippen molar-refractivity contribution < 1.29 is 23.8 Å². The van der Waals surface area contributed by atoms with E-state index in [0.717, 1.165) is 5.56 Å². The Morgan fingerprint density at radius 1 is 1.04 bits per heavy atom. The zero-order chi connectivity index (χ0) is 18.7. The van der Waals surface area contributed by atoms with Crippen LogP contribution in [0.1, 0.15) is 36.7 Å². The first kappa shape index (κ1) is 18.0. The standard InChI is InChI=1S/C21H22O5/c1-21(2,3)15-10-8-14(9-11-15)16(22)12-25-20(23)19-13-24-17-6-4-5-7-18(17)26-19/h4-11,19H,12-13H2,1-3H3/t19-/m1/s1. The van der Waals surface area contributed by atoms with Gasteiger partial charge in [-0.15, -0.1) is 0 Å². The maximum Gasteiger partial charge on any atom is 0.351 e. The molecule has 3 rings (SSSR count). The number of benzene rings is 2. The van der Waals surface area contributed by atoms with E-state index in [2.05, 4.69) is 20.8 Å². The largest absolute Gasteiger partial charge is 0.485 e. The Balaban J connectivity index is 1.55. The molecule has 0 saturated heterocycles. The Bertz CT molecular complexity index is 802. The molecule has 0 amide bonds. The summed E-state index contributed by atoms with van der Waals surface area (Å²) in [6.45, 7) is 6.06. The summed E-state index contributed by atoms with van der Waals surface area (Å²) in [5.74, 6) is 0.214. The van der Waals surface area contributed by atoms with Crippen molar-refractivity contribution in [3.63, 3.8) is 0 Å². The van der Waals surface area contributed by atoms with E-state index in [1.807, 2.05) is 18.2 Å². The van der Waals surface area contributed by atoms with Crippen LogP contribution < -0.4 is 9.47 Å². The second-order valence-electron chi connectivity index (χ2n) is 7.22. The molecule has 136 valence electrons. The van der Waals surface area contributed by atoms with E-state index in [4.69, 9.17) is 14.2 Å². The summed E-state index contributed by atoms with van der Waals surface area (Å²) in [7, 11) is 0. The summed E-state index contributed by atoms with van der Waals surface area (Å²) in [5, 5.41) is 0. The summed E-state index contributed by atoms with van der Waals surface area (Å²) < 4.78 is 16.2. The molecule has 1 heterocycles. The number of hydrogen-bond acceptors (Lipinski definition) is 5. The van der Waals surface area contributed by atoms with Crippen LogP contribution in [0.15, 0.2) is 48.5 Å². The van der Waals surface area contributed by atoms with Crippen molar-refractivity contribution in [2.24, 2.45) is 0 Å². The summed E-state index contributed by atoms with van der Waals surface area (Å²) in [5.41, 5.74) is 1.66. The highest BCUT2D eigenvalue weighted by atomic mass is 16.6. The minimum Gasteiger partial charge on any atom is -0.485 e. The van der Waals surface area contributed by atoms with Crippen LogP contribution in [0.4, 0.5) is 0 Å². The normalized spacial score (nSPS) is 16.0. The van der Waals surface area contributed by atoms with E-state index in [-0.39, 0.29) is 24.4 Å². The molecule has 5 nitrogen and oxygen atoms in total. The van der Waals surface area contributed by atoms with E-state index in [9.17, 15) is 9.59 Å². The third kappa shape index (κ3) is 4.04. The second-order valence-corrected chi connectivity index (χ2v) is 7.22. The van der Waals surface area contributed by atoms with Crippen LogP contribution in [0, 0.1) is 0 Å². The number of hydrogen-bond donors (Lipinski definition) is 0. The van der Waals surface area contributed by atoms with E-state index >= 15 is 0 Å². The smallest absolute Gasteiger partial charge is 0.351 e. The zero-order valence-corrected chi connectivity index (χ0v) is 15.2. The summed E-state index contributed by atoms with van der Waals surface area (Å²) in [6.07, 6.45) is -0.874. The van der Waals surface area contributed by atoms with Crippen molar-refractivity contribution in [3.8, 4) is 11.5 Å². The molecule has 0 fully saturated rings. The number of carbonyl (C=O) groups is 2. The highest BCUT2D eigenvalue weighted by Crippen LogP contribution is 2.31. The van der Waals surface area contributed by atoms with Gasteiger partial charge in [-0.2, -0.15) is 0 Å². The number of ether oxygens (including phenoxy) is 3. The van der Waals surface area contributed by atoms with Crippen molar-refractivity contribution in [2.75, 3.05) is 13.2 Å². The van der Waals surface area contributed by atoms with Crippen LogP contribution in [0.2, 0.25) is 0 Å². The van der Waals surface area contributed by atoms with Gasteiger partial charge < -0.3 is 14.2 Å². The van der Waals surface area contributed by atoms with Gasteiger partial charge in [0.15, 0.2) is 23.9 Å². The van der Waals surface area contributed by atoms with Crippen molar-refractivity contribution in [1.29, 1.82) is 0 Å². The third-order valence-corrected chi connectivity index (χ3v) is 4.19. The highest BCUT2D eigenvalue weighted by Gasteiger charge is 2.29. The van der Waals surface area contributed by atoms with E-state index in [1.165, 1.54) is 0 Å². The molecule has 1 aliphatic rings. The maximum atomic E-state index is 12.2. The average Bonchev–Trinajstić information content (AvgIpc) is 2.64. The molecule has 5 heteroatoms. The minimum atomic E-state index is -0.874. The predicted octanol–water partition coefficient (Wildman–Crippen LogP) is 3.55. The maximum absolute atomic E-state index is 12.2. The number of fused-ring (bicyclic) bond motifs is 1.